The lowest BCUT2D eigenvalue weighted by molar-refractivity contribution is 0.182. The molecule has 0 spiro atoms. The summed E-state index contributed by atoms with van der Waals surface area (Å²) in [7, 11) is -1.59. The van der Waals surface area contributed by atoms with E-state index in [1.807, 2.05) is 18.2 Å². The molecule has 0 N–H and O–H groups in total. The molecule has 4 rings (SSSR count). The Morgan fingerprint density at radius 3 is 2.53 bits per heavy atom. The molecule has 8 nitrogen and oxygen atoms in total. The average Bonchev–Trinajstić information content (AvgIpc) is 3.24. The summed E-state index contributed by atoms with van der Waals surface area (Å²) in [4.78, 5) is 2.41. The summed E-state index contributed by atoms with van der Waals surface area (Å²) >= 11 is 0. The summed E-state index contributed by atoms with van der Waals surface area (Å²) in [5, 5.41) is 8.53. The third-order valence-electron chi connectivity index (χ3n) is 6.14. The fourth-order valence-corrected chi connectivity index (χ4v) is 5.63. The first-order chi connectivity index (χ1) is 14.5. The van der Waals surface area contributed by atoms with Crippen LogP contribution in [0.15, 0.2) is 28.7 Å². The third kappa shape index (κ3) is 4.68. The van der Waals surface area contributed by atoms with Crippen LogP contribution in [0.2, 0.25) is 0 Å². The van der Waals surface area contributed by atoms with E-state index in [1.165, 1.54) is 16.1 Å². The van der Waals surface area contributed by atoms with E-state index in [9.17, 15) is 8.42 Å². The largest absolute Gasteiger partial charge is 0.496 e. The Morgan fingerprint density at radius 1 is 1.07 bits per heavy atom. The lowest BCUT2D eigenvalue weighted by Gasteiger charge is -2.31. The number of ether oxygens (including phenoxy) is 1. The Bertz CT molecular complexity index is 953. The van der Waals surface area contributed by atoms with Crippen LogP contribution in [-0.2, 0) is 16.6 Å². The summed E-state index contributed by atoms with van der Waals surface area (Å²) in [6.07, 6.45) is 5.70. The highest BCUT2D eigenvalue weighted by Gasteiger charge is 2.35. The zero-order chi connectivity index (χ0) is 21.1. The Kier molecular flexibility index (Phi) is 6.40. The summed E-state index contributed by atoms with van der Waals surface area (Å²) in [5.74, 6) is 2.21. The maximum atomic E-state index is 12.1. The SMILES string of the molecule is COc1ccccc1CN1CCC(c2nnc(C3CCCCN3S(C)(=O)=O)o2)CC1. The van der Waals surface area contributed by atoms with Crippen LogP contribution in [0.3, 0.4) is 0 Å². The number of nitrogens with zero attached hydrogens (tertiary/aromatic N) is 4. The molecular weight excluding hydrogens is 404 g/mol. The number of benzene rings is 1. The highest BCUT2D eigenvalue weighted by Crippen LogP contribution is 2.35. The molecule has 0 bridgehead atoms. The van der Waals surface area contributed by atoms with Crippen LogP contribution in [0, 0.1) is 0 Å². The highest BCUT2D eigenvalue weighted by molar-refractivity contribution is 7.88. The van der Waals surface area contributed by atoms with E-state index >= 15 is 0 Å². The number of aromatic nitrogens is 2. The van der Waals surface area contributed by atoms with Crippen molar-refractivity contribution in [1.82, 2.24) is 19.4 Å². The zero-order valence-corrected chi connectivity index (χ0v) is 18.5. The lowest BCUT2D eigenvalue weighted by Crippen LogP contribution is -2.37. The maximum absolute atomic E-state index is 12.1. The van der Waals surface area contributed by atoms with Crippen molar-refractivity contribution in [2.75, 3.05) is 33.0 Å². The molecule has 2 aliphatic rings. The van der Waals surface area contributed by atoms with E-state index in [0.717, 1.165) is 57.5 Å². The molecule has 1 aromatic carbocycles. The molecule has 2 aliphatic heterocycles. The smallest absolute Gasteiger partial charge is 0.234 e. The molecule has 0 radical (unpaired) electrons. The monoisotopic (exact) mass is 434 g/mol. The number of para-hydroxylation sites is 1. The first-order valence-corrected chi connectivity index (χ1v) is 12.4. The van der Waals surface area contributed by atoms with E-state index in [0.29, 0.717) is 18.3 Å². The Morgan fingerprint density at radius 2 is 1.80 bits per heavy atom. The second-order valence-corrected chi connectivity index (χ2v) is 10.2. The minimum atomic E-state index is -3.29. The van der Waals surface area contributed by atoms with Gasteiger partial charge in [0, 0.05) is 24.6 Å². The van der Waals surface area contributed by atoms with Crippen LogP contribution in [0.5, 0.6) is 5.75 Å². The van der Waals surface area contributed by atoms with Crippen molar-refractivity contribution in [2.45, 2.75) is 50.6 Å². The van der Waals surface area contributed by atoms with E-state index in [2.05, 4.69) is 21.2 Å². The Balaban J connectivity index is 1.38. The van der Waals surface area contributed by atoms with E-state index in [-0.39, 0.29) is 12.0 Å². The second kappa shape index (κ2) is 9.03. The van der Waals surface area contributed by atoms with Gasteiger partial charge in [0.15, 0.2) is 0 Å². The van der Waals surface area contributed by atoms with Gasteiger partial charge in [-0.3, -0.25) is 4.90 Å². The van der Waals surface area contributed by atoms with Crippen molar-refractivity contribution in [3.8, 4) is 5.75 Å². The van der Waals surface area contributed by atoms with Crippen molar-refractivity contribution in [1.29, 1.82) is 0 Å². The van der Waals surface area contributed by atoms with Crippen LogP contribution >= 0.6 is 0 Å². The molecular formula is C21H30N4O4S. The molecule has 3 heterocycles. The second-order valence-electron chi connectivity index (χ2n) is 8.23. The predicted molar refractivity (Wildman–Crippen MR) is 113 cm³/mol. The van der Waals surface area contributed by atoms with Gasteiger partial charge < -0.3 is 9.15 Å². The fourth-order valence-electron chi connectivity index (χ4n) is 4.51. The number of hydrogen-bond acceptors (Lipinski definition) is 7. The van der Waals surface area contributed by atoms with Gasteiger partial charge in [0.25, 0.3) is 0 Å². The number of methoxy groups -OCH3 is 1. The predicted octanol–water partition coefficient (Wildman–Crippen LogP) is 2.94. The van der Waals surface area contributed by atoms with Crippen molar-refractivity contribution in [3.05, 3.63) is 41.6 Å². The average molecular weight is 435 g/mol. The molecule has 9 heteroatoms. The topological polar surface area (TPSA) is 88.8 Å². The molecule has 1 unspecified atom stereocenters. The number of likely N-dealkylation sites (tertiary alicyclic amines) is 1. The normalized spacial score (nSPS) is 22.3. The summed E-state index contributed by atoms with van der Waals surface area (Å²) < 4.78 is 37.2. The number of piperidine rings is 2. The molecule has 164 valence electrons. The lowest BCUT2D eigenvalue weighted by atomic mass is 9.96. The summed E-state index contributed by atoms with van der Waals surface area (Å²) in [6, 6.07) is 7.79. The number of hydrogen-bond donors (Lipinski definition) is 0. The first-order valence-electron chi connectivity index (χ1n) is 10.6. The van der Waals surface area contributed by atoms with E-state index < -0.39 is 10.0 Å². The van der Waals surface area contributed by atoms with Crippen LogP contribution < -0.4 is 4.74 Å². The molecule has 0 amide bonds. The minimum Gasteiger partial charge on any atom is -0.496 e. The third-order valence-corrected chi connectivity index (χ3v) is 7.43. The van der Waals surface area contributed by atoms with Crippen molar-refractivity contribution in [2.24, 2.45) is 0 Å². The zero-order valence-electron chi connectivity index (χ0n) is 17.7. The van der Waals surface area contributed by atoms with Crippen LogP contribution in [0.4, 0.5) is 0 Å². The van der Waals surface area contributed by atoms with Crippen LogP contribution in [0.25, 0.3) is 0 Å². The summed E-state index contributed by atoms with van der Waals surface area (Å²) in [5.41, 5.74) is 1.19. The minimum absolute atomic E-state index is 0.218. The van der Waals surface area contributed by atoms with Crippen LogP contribution in [0.1, 0.15) is 61.4 Å². The molecule has 2 saturated heterocycles. The van der Waals surface area contributed by atoms with Crippen molar-refractivity contribution < 1.29 is 17.6 Å². The van der Waals surface area contributed by atoms with Gasteiger partial charge in [0.05, 0.1) is 13.4 Å². The number of sulfonamides is 1. The Hall–Kier alpha value is -1.97. The molecule has 2 aromatic rings. The van der Waals surface area contributed by atoms with Gasteiger partial charge in [-0.2, -0.15) is 4.31 Å². The standard InChI is InChI=1S/C21H30N4O4S/c1-28-19-9-4-3-7-17(19)15-24-13-10-16(11-14-24)20-22-23-21(29-20)18-8-5-6-12-25(18)30(2,26)27/h3-4,7,9,16,18H,5-6,8,10-15H2,1-2H3. The Labute approximate surface area is 178 Å². The van der Waals surface area contributed by atoms with Gasteiger partial charge in [-0.25, -0.2) is 8.42 Å². The molecule has 1 aromatic heterocycles. The van der Waals surface area contributed by atoms with Crippen LogP contribution in [-0.4, -0.2) is 60.8 Å². The molecule has 1 atom stereocenters. The van der Waals surface area contributed by atoms with Crippen molar-refractivity contribution in [3.63, 3.8) is 0 Å². The van der Waals surface area contributed by atoms with Gasteiger partial charge in [-0.1, -0.05) is 24.6 Å². The quantitative estimate of drug-likeness (QED) is 0.690. The molecule has 0 saturated carbocycles. The molecule has 2 fully saturated rings. The van der Waals surface area contributed by atoms with Crippen molar-refractivity contribution >= 4 is 10.0 Å². The van der Waals surface area contributed by atoms with E-state index in [4.69, 9.17) is 9.15 Å². The van der Waals surface area contributed by atoms with Gasteiger partial charge in [0.1, 0.15) is 11.8 Å². The van der Waals surface area contributed by atoms with Gasteiger partial charge in [-0.15, -0.1) is 10.2 Å². The first kappa shape index (κ1) is 21.3. The fraction of sp³-hybridized carbons (Fsp3) is 0.619. The highest BCUT2D eigenvalue weighted by atomic mass is 32.2. The molecule has 0 aliphatic carbocycles. The van der Waals surface area contributed by atoms with E-state index in [1.54, 1.807) is 7.11 Å². The molecule has 30 heavy (non-hydrogen) atoms. The van der Waals surface area contributed by atoms with Gasteiger partial charge in [0.2, 0.25) is 21.8 Å². The van der Waals surface area contributed by atoms with Gasteiger partial charge in [-0.05, 0) is 44.8 Å². The van der Waals surface area contributed by atoms with Gasteiger partial charge >= 0.3 is 0 Å². The summed E-state index contributed by atoms with van der Waals surface area (Å²) in [6.45, 7) is 3.26. The maximum Gasteiger partial charge on any atom is 0.234 e. The number of rotatable bonds is 6.